The molecule has 8 heteroatoms. The molecule has 184 valence electrons. The quantitative estimate of drug-likeness (QED) is 0.600. The van der Waals surface area contributed by atoms with Crippen LogP contribution in [0, 0.1) is 0 Å². The zero-order valence-corrected chi connectivity index (χ0v) is 20.1. The molecule has 2 aromatic carbocycles. The van der Waals surface area contributed by atoms with Gasteiger partial charge in [-0.2, -0.15) is 5.10 Å². The number of hydrogen-bond donors (Lipinski definition) is 1. The van der Waals surface area contributed by atoms with Crippen LogP contribution in [-0.4, -0.2) is 53.0 Å². The highest BCUT2D eigenvalue weighted by atomic mass is 16.5. The van der Waals surface area contributed by atoms with Crippen LogP contribution in [0.3, 0.4) is 0 Å². The number of nitrogens with one attached hydrogen (secondary N) is 1. The summed E-state index contributed by atoms with van der Waals surface area (Å²) in [5, 5.41) is 8.79. The second-order valence-corrected chi connectivity index (χ2v) is 8.83. The van der Waals surface area contributed by atoms with Gasteiger partial charge in [0.1, 0.15) is 11.5 Å². The molecular weight excluding hydrogens is 444 g/mol. The van der Waals surface area contributed by atoms with E-state index in [1.54, 1.807) is 0 Å². The fourth-order valence-electron chi connectivity index (χ4n) is 4.38. The van der Waals surface area contributed by atoms with E-state index in [1.807, 2.05) is 66.4 Å². The first-order valence-electron chi connectivity index (χ1n) is 12.3. The van der Waals surface area contributed by atoms with Gasteiger partial charge >= 0.3 is 0 Å². The van der Waals surface area contributed by atoms with Gasteiger partial charge in [-0.25, -0.2) is 5.01 Å². The Morgan fingerprint density at radius 1 is 1.03 bits per heavy atom. The normalized spacial score (nSPS) is 16.6. The van der Waals surface area contributed by atoms with Gasteiger partial charge in [-0.1, -0.05) is 55.5 Å². The number of amides is 3. The molecule has 1 unspecified atom stereocenters. The molecule has 8 nitrogen and oxygen atoms in total. The molecule has 1 fully saturated rings. The van der Waals surface area contributed by atoms with Gasteiger partial charge in [-0.05, 0) is 30.9 Å². The van der Waals surface area contributed by atoms with E-state index in [9.17, 15) is 14.4 Å². The van der Waals surface area contributed by atoms with Crippen molar-refractivity contribution >= 4 is 23.4 Å². The lowest BCUT2D eigenvalue weighted by Gasteiger charge is -2.25. The molecule has 2 aliphatic rings. The average molecular weight is 477 g/mol. The van der Waals surface area contributed by atoms with Crippen LogP contribution in [0.5, 0.6) is 5.75 Å². The largest absolute Gasteiger partial charge is 0.483 e. The van der Waals surface area contributed by atoms with Crippen LogP contribution in [0.2, 0.25) is 0 Å². The maximum atomic E-state index is 13.1. The second kappa shape index (κ2) is 11.6. The minimum Gasteiger partial charge on any atom is -0.483 e. The Morgan fingerprint density at radius 2 is 1.74 bits per heavy atom. The number of para-hydroxylation sites is 1. The van der Waals surface area contributed by atoms with Gasteiger partial charge in [-0.3, -0.25) is 14.4 Å². The van der Waals surface area contributed by atoms with Crippen LogP contribution in [0.15, 0.2) is 59.7 Å². The van der Waals surface area contributed by atoms with Crippen molar-refractivity contribution in [1.29, 1.82) is 0 Å². The van der Waals surface area contributed by atoms with Gasteiger partial charge in [0.05, 0.1) is 12.6 Å². The van der Waals surface area contributed by atoms with E-state index < -0.39 is 0 Å². The highest BCUT2D eigenvalue weighted by molar-refractivity contribution is 6.39. The minimum absolute atomic E-state index is 0.0193. The number of hydrazone groups is 1. The fourth-order valence-corrected chi connectivity index (χ4v) is 4.38. The van der Waals surface area contributed by atoms with Gasteiger partial charge in [-0.15, -0.1) is 0 Å². The van der Waals surface area contributed by atoms with Gasteiger partial charge in [0.2, 0.25) is 5.91 Å². The van der Waals surface area contributed by atoms with E-state index in [4.69, 9.17) is 4.74 Å². The van der Waals surface area contributed by atoms with E-state index in [0.717, 1.165) is 37.1 Å². The van der Waals surface area contributed by atoms with Crippen molar-refractivity contribution in [1.82, 2.24) is 15.2 Å². The molecule has 2 aliphatic heterocycles. The lowest BCUT2D eigenvalue weighted by atomic mass is 10.0. The lowest BCUT2D eigenvalue weighted by molar-refractivity contribution is -0.133. The van der Waals surface area contributed by atoms with Crippen molar-refractivity contribution in [2.75, 3.05) is 19.7 Å². The van der Waals surface area contributed by atoms with E-state index in [0.29, 0.717) is 30.8 Å². The highest BCUT2D eigenvalue weighted by Crippen LogP contribution is 2.28. The Labute approximate surface area is 205 Å². The summed E-state index contributed by atoms with van der Waals surface area (Å²) in [5.41, 5.74) is 2.10. The van der Waals surface area contributed by atoms with E-state index in [1.165, 1.54) is 5.01 Å². The smallest absolute Gasteiger partial charge is 0.267 e. The summed E-state index contributed by atoms with van der Waals surface area (Å²) in [5.74, 6) is 0.164. The van der Waals surface area contributed by atoms with Crippen LogP contribution in [-0.2, 0) is 20.9 Å². The fraction of sp³-hybridized carbons (Fsp3) is 0.407. The van der Waals surface area contributed by atoms with Crippen LogP contribution < -0.4 is 10.1 Å². The van der Waals surface area contributed by atoms with Gasteiger partial charge in [0, 0.05) is 31.5 Å². The summed E-state index contributed by atoms with van der Waals surface area (Å²) >= 11 is 0. The Balaban J connectivity index is 1.43. The maximum Gasteiger partial charge on any atom is 0.267 e. The number of carbonyl (C=O) groups excluding carboxylic acids is 3. The van der Waals surface area contributed by atoms with Crippen LogP contribution >= 0.6 is 0 Å². The first kappa shape index (κ1) is 24.4. The standard InChI is InChI=1S/C27H32N4O4/c1-2-22(21-12-6-7-13-24(21)35-19-26(33)30-16-8-9-17-30)28-27(34)23-14-15-25(32)31(29-23)18-20-10-4-3-5-11-20/h3-7,10-13,22H,2,8-9,14-19H2,1H3,(H,28,34). The van der Waals surface area contributed by atoms with Gasteiger partial charge in [0.25, 0.3) is 11.8 Å². The molecule has 0 radical (unpaired) electrons. The molecule has 3 amide bonds. The summed E-state index contributed by atoms with van der Waals surface area (Å²) in [6.07, 6.45) is 3.24. The maximum absolute atomic E-state index is 13.1. The van der Waals surface area contributed by atoms with Crippen LogP contribution in [0.1, 0.15) is 56.2 Å². The Kier molecular flexibility index (Phi) is 8.13. The third kappa shape index (κ3) is 6.26. The summed E-state index contributed by atoms with van der Waals surface area (Å²) in [6, 6.07) is 16.7. The molecule has 1 N–H and O–H groups in total. The number of hydrogen-bond acceptors (Lipinski definition) is 5. The number of ether oxygens (including phenoxy) is 1. The van der Waals surface area contributed by atoms with Crippen molar-refractivity contribution in [3.63, 3.8) is 0 Å². The molecule has 4 rings (SSSR count). The molecule has 0 aromatic heterocycles. The second-order valence-electron chi connectivity index (χ2n) is 8.83. The predicted molar refractivity (Wildman–Crippen MR) is 133 cm³/mol. The first-order chi connectivity index (χ1) is 17.0. The number of rotatable bonds is 9. The number of likely N-dealkylation sites (tertiary alicyclic amines) is 1. The minimum atomic E-state index is -0.316. The summed E-state index contributed by atoms with van der Waals surface area (Å²) in [4.78, 5) is 39.7. The summed E-state index contributed by atoms with van der Waals surface area (Å²) in [7, 11) is 0. The molecule has 1 atom stereocenters. The van der Waals surface area contributed by atoms with Gasteiger partial charge < -0.3 is 15.0 Å². The van der Waals surface area contributed by atoms with Crippen molar-refractivity contribution in [2.24, 2.45) is 5.10 Å². The van der Waals surface area contributed by atoms with E-state index in [-0.39, 0.29) is 36.8 Å². The molecule has 0 saturated carbocycles. The Bertz CT molecular complexity index is 1080. The molecule has 0 bridgehead atoms. The first-order valence-corrected chi connectivity index (χ1v) is 12.3. The van der Waals surface area contributed by atoms with Crippen molar-refractivity contribution < 1.29 is 19.1 Å². The summed E-state index contributed by atoms with van der Waals surface area (Å²) in [6.45, 7) is 3.85. The molecule has 2 heterocycles. The molecule has 2 aromatic rings. The average Bonchev–Trinajstić information content (AvgIpc) is 3.43. The molecule has 1 saturated heterocycles. The monoisotopic (exact) mass is 476 g/mol. The molecule has 35 heavy (non-hydrogen) atoms. The highest BCUT2D eigenvalue weighted by Gasteiger charge is 2.27. The van der Waals surface area contributed by atoms with Crippen LogP contribution in [0.4, 0.5) is 0 Å². The third-order valence-corrected chi connectivity index (χ3v) is 6.36. The van der Waals surface area contributed by atoms with Crippen LogP contribution in [0.25, 0.3) is 0 Å². The zero-order valence-electron chi connectivity index (χ0n) is 20.1. The van der Waals surface area contributed by atoms with Crippen molar-refractivity contribution in [3.05, 3.63) is 65.7 Å². The molecular formula is C27H32N4O4. The van der Waals surface area contributed by atoms with E-state index in [2.05, 4.69) is 10.4 Å². The Hall–Kier alpha value is -3.68. The SMILES string of the molecule is CCC(NC(=O)C1=NN(Cc2ccccc2)C(=O)CC1)c1ccccc1OCC(=O)N1CCCC1. The van der Waals surface area contributed by atoms with E-state index >= 15 is 0 Å². The lowest BCUT2D eigenvalue weighted by Crippen LogP contribution is -2.40. The number of benzene rings is 2. The Morgan fingerprint density at radius 3 is 2.49 bits per heavy atom. The van der Waals surface area contributed by atoms with Gasteiger partial charge in [0.15, 0.2) is 6.61 Å². The van der Waals surface area contributed by atoms with Crippen molar-refractivity contribution in [3.8, 4) is 5.75 Å². The molecule has 0 spiro atoms. The zero-order chi connectivity index (χ0) is 24.6. The summed E-state index contributed by atoms with van der Waals surface area (Å²) < 4.78 is 5.89. The van der Waals surface area contributed by atoms with Crippen molar-refractivity contribution in [2.45, 2.75) is 51.6 Å². The topological polar surface area (TPSA) is 91.3 Å². The number of carbonyl (C=O) groups is 3. The number of nitrogens with zero attached hydrogens (tertiary/aromatic N) is 3. The third-order valence-electron chi connectivity index (χ3n) is 6.36. The molecule has 0 aliphatic carbocycles. The predicted octanol–water partition coefficient (Wildman–Crippen LogP) is 3.43.